The van der Waals surface area contributed by atoms with Crippen LogP contribution < -0.4 is 5.56 Å². The van der Waals surface area contributed by atoms with E-state index in [1.54, 1.807) is 18.3 Å². The molecule has 4 rings (SSSR count). The molecule has 8 nitrogen and oxygen atoms in total. The molecule has 1 N–H and O–H groups in total. The molecule has 1 fully saturated rings. The van der Waals surface area contributed by atoms with Gasteiger partial charge in [0.15, 0.2) is 5.82 Å². The van der Waals surface area contributed by atoms with Crippen LogP contribution in [0.3, 0.4) is 0 Å². The molecule has 1 aromatic carbocycles. The van der Waals surface area contributed by atoms with Crippen molar-refractivity contribution >= 4 is 5.91 Å². The van der Waals surface area contributed by atoms with Crippen molar-refractivity contribution in [2.75, 3.05) is 20.1 Å². The summed E-state index contributed by atoms with van der Waals surface area (Å²) in [5.74, 6) is 0.353. The highest BCUT2D eigenvalue weighted by atomic mass is 16.2. The van der Waals surface area contributed by atoms with Gasteiger partial charge in [0.25, 0.3) is 11.5 Å². The average Bonchev–Trinajstić information content (AvgIpc) is 3.25. The summed E-state index contributed by atoms with van der Waals surface area (Å²) in [5, 5.41) is 11.8. The molecule has 1 saturated heterocycles. The minimum absolute atomic E-state index is 0.0657. The first-order chi connectivity index (χ1) is 16.5. The lowest BCUT2D eigenvalue weighted by Crippen LogP contribution is -2.51. The SMILES string of the molecule is CCCN1CCCCC1N(C)C(=O)c1ccc(-n2[nH]cc(-c3ccc(CC#N)cc3)c2=O)nc1. The lowest BCUT2D eigenvalue weighted by Gasteiger charge is -2.41. The maximum Gasteiger partial charge on any atom is 0.280 e. The Morgan fingerprint density at radius 3 is 2.71 bits per heavy atom. The van der Waals surface area contributed by atoms with Gasteiger partial charge in [-0.2, -0.15) is 5.26 Å². The summed E-state index contributed by atoms with van der Waals surface area (Å²) in [7, 11) is 1.86. The number of rotatable bonds is 7. The first-order valence-electron chi connectivity index (χ1n) is 11.8. The number of carbonyl (C=O) groups is 1. The van der Waals surface area contributed by atoms with Gasteiger partial charge in [0.2, 0.25) is 0 Å². The Balaban J connectivity index is 1.51. The van der Waals surface area contributed by atoms with Crippen molar-refractivity contribution in [2.24, 2.45) is 0 Å². The van der Waals surface area contributed by atoms with E-state index >= 15 is 0 Å². The number of nitrogens with one attached hydrogen (secondary N) is 1. The van der Waals surface area contributed by atoms with Crippen molar-refractivity contribution in [1.29, 1.82) is 5.26 Å². The predicted octanol–water partition coefficient (Wildman–Crippen LogP) is 3.59. The van der Waals surface area contributed by atoms with Gasteiger partial charge in [0, 0.05) is 26.0 Å². The number of aromatic amines is 1. The molecule has 176 valence electrons. The first-order valence-corrected chi connectivity index (χ1v) is 11.8. The fraction of sp³-hybridized carbons (Fsp3) is 0.385. The fourth-order valence-electron chi connectivity index (χ4n) is 4.58. The number of likely N-dealkylation sites (tertiary alicyclic amines) is 1. The van der Waals surface area contributed by atoms with E-state index in [9.17, 15) is 9.59 Å². The van der Waals surface area contributed by atoms with Crippen LogP contribution in [-0.4, -0.2) is 56.8 Å². The van der Waals surface area contributed by atoms with E-state index in [4.69, 9.17) is 5.26 Å². The first kappa shape index (κ1) is 23.5. The number of aromatic nitrogens is 3. The second-order valence-electron chi connectivity index (χ2n) is 8.69. The molecule has 0 aliphatic carbocycles. The topological polar surface area (TPSA) is 98.0 Å². The number of piperidine rings is 1. The molecule has 0 bridgehead atoms. The summed E-state index contributed by atoms with van der Waals surface area (Å²) in [6.45, 7) is 4.17. The van der Waals surface area contributed by atoms with Gasteiger partial charge < -0.3 is 4.90 Å². The number of benzene rings is 1. The number of nitrogens with zero attached hydrogens (tertiary/aromatic N) is 5. The summed E-state index contributed by atoms with van der Waals surface area (Å²) in [6, 6.07) is 12.9. The third-order valence-corrected chi connectivity index (χ3v) is 6.40. The molecule has 0 spiro atoms. The Kier molecular flexibility index (Phi) is 7.24. The quantitative estimate of drug-likeness (QED) is 0.583. The van der Waals surface area contributed by atoms with Crippen LogP contribution in [0.2, 0.25) is 0 Å². The van der Waals surface area contributed by atoms with E-state index in [1.807, 2.05) is 36.2 Å². The highest BCUT2D eigenvalue weighted by Gasteiger charge is 2.28. The van der Waals surface area contributed by atoms with Crippen LogP contribution in [0, 0.1) is 11.3 Å². The third-order valence-electron chi connectivity index (χ3n) is 6.40. The molecule has 1 unspecified atom stereocenters. The summed E-state index contributed by atoms with van der Waals surface area (Å²) in [5.41, 5.74) is 2.45. The van der Waals surface area contributed by atoms with Gasteiger partial charge in [-0.05, 0) is 55.5 Å². The molecule has 1 amide bonds. The number of hydrogen-bond donors (Lipinski definition) is 1. The van der Waals surface area contributed by atoms with E-state index in [0.717, 1.165) is 43.5 Å². The smallest absolute Gasteiger partial charge is 0.280 e. The van der Waals surface area contributed by atoms with Crippen molar-refractivity contribution in [3.8, 4) is 23.0 Å². The average molecular weight is 459 g/mol. The van der Waals surface area contributed by atoms with Crippen LogP contribution in [-0.2, 0) is 6.42 Å². The predicted molar refractivity (Wildman–Crippen MR) is 131 cm³/mol. The molecule has 1 atom stereocenters. The molecular formula is C26H30N6O2. The summed E-state index contributed by atoms with van der Waals surface area (Å²) in [4.78, 5) is 34.7. The van der Waals surface area contributed by atoms with Gasteiger partial charge in [-0.1, -0.05) is 31.2 Å². The number of carbonyl (C=O) groups excluding carboxylic acids is 1. The maximum atomic E-state index is 13.1. The number of hydrogen-bond acceptors (Lipinski definition) is 5. The van der Waals surface area contributed by atoms with Crippen molar-refractivity contribution < 1.29 is 4.79 Å². The Hall–Kier alpha value is -3.70. The fourth-order valence-corrected chi connectivity index (χ4v) is 4.58. The third kappa shape index (κ3) is 4.80. The van der Waals surface area contributed by atoms with E-state index in [-0.39, 0.29) is 17.6 Å². The molecule has 1 aliphatic heterocycles. The molecular weight excluding hydrogens is 428 g/mol. The zero-order valence-electron chi connectivity index (χ0n) is 19.7. The van der Waals surface area contributed by atoms with Gasteiger partial charge in [-0.15, -0.1) is 0 Å². The number of H-pyrrole nitrogens is 1. The number of amides is 1. The minimum Gasteiger partial charge on any atom is -0.326 e. The number of nitriles is 1. The molecule has 3 aromatic rings. The minimum atomic E-state index is -0.228. The lowest BCUT2D eigenvalue weighted by molar-refractivity contribution is 0.0246. The molecule has 2 aromatic heterocycles. The summed E-state index contributed by atoms with van der Waals surface area (Å²) in [6.07, 6.45) is 7.95. The van der Waals surface area contributed by atoms with Crippen LogP contribution in [0.1, 0.15) is 48.5 Å². The lowest BCUT2D eigenvalue weighted by atomic mass is 10.1. The van der Waals surface area contributed by atoms with Crippen LogP contribution in [0.15, 0.2) is 53.6 Å². The van der Waals surface area contributed by atoms with Gasteiger partial charge in [0.1, 0.15) is 0 Å². The van der Waals surface area contributed by atoms with Crippen LogP contribution >= 0.6 is 0 Å². The maximum absolute atomic E-state index is 13.1. The van der Waals surface area contributed by atoms with Crippen molar-refractivity contribution in [3.05, 3.63) is 70.3 Å². The zero-order chi connectivity index (χ0) is 24.1. The van der Waals surface area contributed by atoms with E-state index in [2.05, 4.69) is 28.0 Å². The molecule has 0 saturated carbocycles. The standard InChI is InChI=1S/C26H30N6O2/c1-3-15-31-16-5-4-6-24(31)30(2)25(33)21-11-12-23(28-17-21)32-26(34)22(18-29-32)20-9-7-19(8-10-20)13-14-27/h7-12,17-18,24,29H,3-6,13,15-16H2,1-2H3. The van der Waals surface area contributed by atoms with Gasteiger partial charge >= 0.3 is 0 Å². The highest BCUT2D eigenvalue weighted by molar-refractivity contribution is 5.94. The van der Waals surface area contributed by atoms with Gasteiger partial charge in [-0.3, -0.25) is 19.6 Å². The molecule has 0 radical (unpaired) electrons. The Labute approximate surface area is 199 Å². The molecule has 8 heteroatoms. The van der Waals surface area contributed by atoms with Crippen molar-refractivity contribution in [1.82, 2.24) is 24.6 Å². The monoisotopic (exact) mass is 458 g/mol. The Morgan fingerprint density at radius 1 is 1.24 bits per heavy atom. The van der Waals surface area contributed by atoms with Crippen LogP contribution in [0.25, 0.3) is 16.9 Å². The van der Waals surface area contributed by atoms with E-state index in [1.165, 1.54) is 17.3 Å². The largest absolute Gasteiger partial charge is 0.326 e. The van der Waals surface area contributed by atoms with E-state index in [0.29, 0.717) is 23.4 Å². The summed E-state index contributed by atoms with van der Waals surface area (Å²) < 4.78 is 1.36. The second-order valence-corrected chi connectivity index (χ2v) is 8.69. The second kappa shape index (κ2) is 10.5. The molecule has 3 heterocycles. The Bertz CT molecular complexity index is 1220. The number of pyridine rings is 1. The van der Waals surface area contributed by atoms with Gasteiger partial charge in [0.05, 0.1) is 29.8 Å². The van der Waals surface area contributed by atoms with Crippen molar-refractivity contribution in [3.63, 3.8) is 0 Å². The van der Waals surface area contributed by atoms with Gasteiger partial charge in [-0.25, -0.2) is 9.67 Å². The highest BCUT2D eigenvalue weighted by Crippen LogP contribution is 2.21. The van der Waals surface area contributed by atoms with Crippen LogP contribution in [0.5, 0.6) is 0 Å². The zero-order valence-corrected chi connectivity index (χ0v) is 19.7. The Morgan fingerprint density at radius 2 is 2.03 bits per heavy atom. The van der Waals surface area contributed by atoms with Crippen molar-refractivity contribution in [2.45, 2.75) is 45.2 Å². The summed E-state index contributed by atoms with van der Waals surface area (Å²) >= 11 is 0. The van der Waals surface area contributed by atoms with E-state index < -0.39 is 0 Å². The molecule has 1 aliphatic rings. The van der Waals surface area contributed by atoms with Crippen LogP contribution in [0.4, 0.5) is 0 Å². The normalized spacial score (nSPS) is 16.2. The molecule has 34 heavy (non-hydrogen) atoms.